The van der Waals surface area contributed by atoms with Gasteiger partial charge in [0.25, 0.3) is 0 Å². The molecular weight excluding hydrogens is 260 g/mol. The van der Waals surface area contributed by atoms with E-state index in [1.807, 2.05) is 24.3 Å². The summed E-state index contributed by atoms with van der Waals surface area (Å²) in [6.07, 6.45) is 7.55. The van der Waals surface area contributed by atoms with E-state index in [1.165, 1.54) is 0 Å². The molecule has 1 aliphatic rings. The van der Waals surface area contributed by atoms with Gasteiger partial charge in [-0.25, -0.2) is 0 Å². The van der Waals surface area contributed by atoms with Crippen LogP contribution < -0.4 is 5.32 Å². The second-order valence-corrected chi connectivity index (χ2v) is 5.58. The van der Waals surface area contributed by atoms with Crippen molar-refractivity contribution in [3.8, 4) is 18.1 Å². The molecule has 21 heavy (non-hydrogen) atoms. The number of hydrogen-bond acceptors (Lipinski definition) is 3. The molecule has 2 N–H and O–H groups in total. The van der Waals surface area contributed by atoms with Crippen molar-refractivity contribution in [1.29, 1.82) is 0 Å². The summed E-state index contributed by atoms with van der Waals surface area (Å²) in [6.45, 7) is 2.82. The first kappa shape index (κ1) is 13.8. The van der Waals surface area contributed by atoms with E-state index in [2.05, 4.69) is 22.2 Å². The Morgan fingerprint density at radius 3 is 2.62 bits per heavy atom. The number of nitrogens with zero attached hydrogens (tertiary/aromatic N) is 1. The number of likely N-dealkylation sites (tertiary alicyclic amines) is 1. The van der Waals surface area contributed by atoms with Gasteiger partial charge in [0.05, 0.1) is 6.54 Å². The molecule has 3 nitrogen and oxygen atoms in total. The van der Waals surface area contributed by atoms with Crippen LogP contribution in [0.4, 0.5) is 5.69 Å². The number of rotatable bonds is 3. The summed E-state index contributed by atoms with van der Waals surface area (Å²) in [6, 6.07) is 12.1. The van der Waals surface area contributed by atoms with Gasteiger partial charge in [-0.1, -0.05) is 30.2 Å². The molecule has 0 spiro atoms. The molecule has 1 heterocycles. The van der Waals surface area contributed by atoms with Crippen molar-refractivity contribution >= 4 is 16.5 Å². The third-order valence-corrected chi connectivity index (χ3v) is 4.16. The Balaban J connectivity index is 1.75. The number of anilines is 1. The van der Waals surface area contributed by atoms with E-state index < -0.39 is 0 Å². The average molecular weight is 280 g/mol. The lowest BCUT2D eigenvalue weighted by molar-refractivity contribution is 0.243. The highest BCUT2D eigenvalue weighted by molar-refractivity contribution is 5.97. The van der Waals surface area contributed by atoms with Gasteiger partial charge in [0.1, 0.15) is 5.75 Å². The molecule has 2 aromatic rings. The average Bonchev–Trinajstić information content (AvgIpc) is 2.51. The summed E-state index contributed by atoms with van der Waals surface area (Å²) >= 11 is 0. The fourth-order valence-electron chi connectivity index (χ4n) is 3.00. The van der Waals surface area contributed by atoms with E-state index in [1.54, 1.807) is 6.07 Å². The fraction of sp³-hybridized carbons (Fsp3) is 0.333. The van der Waals surface area contributed by atoms with Crippen molar-refractivity contribution in [2.45, 2.75) is 18.9 Å². The normalized spacial score (nSPS) is 16.7. The van der Waals surface area contributed by atoms with Crippen molar-refractivity contribution in [3.63, 3.8) is 0 Å². The summed E-state index contributed by atoms with van der Waals surface area (Å²) < 4.78 is 0. The molecule has 1 saturated heterocycles. The van der Waals surface area contributed by atoms with E-state index in [0.29, 0.717) is 11.8 Å². The smallest absolute Gasteiger partial charge is 0.123 e. The lowest BCUT2D eigenvalue weighted by Crippen LogP contribution is -2.39. The quantitative estimate of drug-likeness (QED) is 0.848. The van der Waals surface area contributed by atoms with Gasteiger partial charge in [0.15, 0.2) is 0 Å². The van der Waals surface area contributed by atoms with Crippen LogP contribution in [0.3, 0.4) is 0 Å². The predicted molar refractivity (Wildman–Crippen MR) is 87.5 cm³/mol. The molecular formula is C18H20N2O. The summed E-state index contributed by atoms with van der Waals surface area (Å²) in [7, 11) is 0. The highest BCUT2D eigenvalue weighted by Gasteiger charge is 2.18. The Morgan fingerprint density at radius 2 is 1.86 bits per heavy atom. The van der Waals surface area contributed by atoms with Crippen molar-refractivity contribution in [2.75, 3.05) is 25.0 Å². The van der Waals surface area contributed by atoms with Crippen molar-refractivity contribution < 1.29 is 5.11 Å². The zero-order valence-electron chi connectivity index (χ0n) is 12.0. The SMILES string of the molecule is C#CCN1CCC(Nc2cccc3c(O)cccc23)CC1. The molecule has 0 bridgehead atoms. The number of aromatic hydroxyl groups is 1. The Labute approximate surface area is 125 Å². The third kappa shape index (κ3) is 2.96. The summed E-state index contributed by atoms with van der Waals surface area (Å²) in [4.78, 5) is 2.31. The fourth-order valence-corrected chi connectivity index (χ4v) is 3.00. The monoisotopic (exact) mass is 280 g/mol. The first-order chi connectivity index (χ1) is 10.3. The van der Waals surface area contributed by atoms with Gasteiger partial charge < -0.3 is 10.4 Å². The molecule has 1 fully saturated rings. The molecule has 0 saturated carbocycles. The first-order valence-electron chi connectivity index (χ1n) is 7.41. The summed E-state index contributed by atoms with van der Waals surface area (Å²) in [5.41, 5.74) is 1.10. The maximum Gasteiger partial charge on any atom is 0.123 e. The van der Waals surface area contributed by atoms with Gasteiger partial charge in [-0.15, -0.1) is 6.42 Å². The number of benzene rings is 2. The van der Waals surface area contributed by atoms with E-state index in [0.717, 1.165) is 48.9 Å². The van der Waals surface area contributed by atoms with Gasteiger partial charge >= 0.3 is 0 Å². The van der Waals surface area contributed by atoms with Crippen LogP contribution in [0.5, 0.6) is 5.75 Å². The van der Waals surface area contributed by atoms with Crippen LogP contribution in [0, 0.1) is 12.3 Å². The van der Waals surface area contributed by atoms with Crippen LogP contribution in [-0.4, -0.2) is 35.7 Å². The molecule has 108 valence electrons. The minimum atomic E-state index is 0.333. The highest BCUT2D eigenvalue weighted by Crippen LogP contribution is 2.30. The Bertz CT molecular complexity index is 666. The standard InChI is InChI=1S/C18H20N2O/c1-2-11-20-12-9-14(10-13-20)19-17-7-3-6-16-15(17)5-4-8-18(16)21/h1,3-8,14,19,21H,9-13H2. The van der Waals surface area contributed by atoms with Gasteiger partial charge in [0.2, 0.25) is 0 Å². The van der Waals surface area contributed by atoms with Gasteiger partial charge in [-0.3, -0.25) is 4.90 Å². The van der Waals surface area contributed by atoms with Gasteiger partial charge in [-0.05, 0) is 25.0 Å². The Morgan fingerprint density at radius 1 is 1.14 bits per heavy atom. The van der Waals surface area contributed by atoms with Crippen LogP contribution >= 0.6 is 0 Å². The lowest BCUT2D eigenvalue weighted by atomic mass is 10.0. The second-order valence-electron chi connectivity index (χ2n) is 5.58. The van der Waals surface area contributed by atoms with Crippen molar-refractivity contribution in [3.05, 3.63) is 36.4 Å². The summed E-state index contributed by atoms with van der Waals surface area (Å²) in [5, 5.41) is 15.5. The minimum absolute atomic E-state index is 0.333. The number of phenols is 1. The molecule has 0 aromatic heterocycles. The largest absolute Gasteiger partial charge is 0.507 e. The Kier molecular flexibility index (Phi) is 3.98. The first-order valence-corrected chi connectivity index (χ1v) is 7.41. The molecule has 0 unspecified atom stereocenters. The maximum atomic E-state index is 9.94. The highest BCUT2D eigenvalue weighted by atomic mass is 16.3. The van der Waals surface area contributed by atoms with Crippen LogP contribution in [0.25, 0.3) is 10.8 Å². The number of nitrogens with one attached hydrogen (secondary N) is 1. The zero-order chi connectivity index (χ0) is 14.7. The Hall–Kier alpha value is -2.18. The molecule has 3 rings (SSSR count). The van der Waals surface area contributed by atoms with E-state index >= 15 is 0 Å². The van der Waals surface area contributed by atoms with Gasteiger partial charge in [-0.2, -0.15) is 0 Å². The van der Waals surface area contributed by atoms with Crippen molar-refractivity contribution in [2.24, 2.45) is 0 Å². The number of fused-ring (bicyclic) bond motifs is 1. The van der Waals surface area contributed by atoms with Crippen LogP contribution in [0.2, 0.25) is 0 Å². The number of piperidine rings is 1. The van der Waals surface area contributed by atoms with Crippen LogP contribution in [0.15, 0.2) is 36.4 Å². The van der Waals surface area contributed by atoms with Crippen molar-refractivity contribution in [1.82, 2.24) is 4.90 Å². The topological polar surface area (TPSA) is 35.5 Å². The third-order valence-electron chi connectivity index (χ3n) is 4.16. The summed E-state index contributed by atoms with van der Waals surface area (Å²) in [5.74, 6) is 3.04. The molecule has 3 heteroatoms. The molecule has 2 aromatic carbocycles. The number of terminal acetylenes is 1. The number of phenolic OH excluding ortho intramolecular Hbond substituents is 1. The van der Waals surface area contributed by atoms with Crippen LogP contribution in [0.1, 0.15) is 12.8 Å². The van der Waals surface area contributed by atoms with Crippen LogP contribution in [-0.2, 0) is 0 Å². The second kappa shape index (κ2) is 6.07. The molecule has 0 radical (unpaired) electrons. The molecule has 0 atom stereocenters. The van der Waals surface area contributed by atoms with E-state index in [4.69, 9.17) is 6.42 Å². The molecule has 0 amide bonds. The maximum absolute atomic E-state index is 9.94. The number of hydrogen-bond donors (Lipinski definition) is 2. The predicted octanol–water partition coefficient (Wildman–Crippen LogP) is 3.05. The van der Waals surface area contributed by atoms with Gasteiger partial charge in [0, 0.05) is 35.6 Å². The minimum Gasteiger partial charge on any atom is -0.507 e. The molecule has 0 aliphatic carbocycles. The lowest BCUT2D eigenvalue weighted by Gasteiger charge is -2.31. The zero-order valence-corrected chi connectivity index (χ0v) is 12.0. The van der Waals surface area contributed by atoms with E-state index in [9.17, 15) is 5.11 Å². The molecule has 1 aliphatic heterocycles. The van der Waals surface area contributed by atoms with E-state index in [-0.39, 0.29) is 0 Å².